The molecule has 0 N–H and O–H groups in total. The first-order valence-corrected chi connectivity index (χ1v) is 8.63. The van der Waals surface area contributed by atoms with Crippen LogP contribution in [0.5, 0.6) is 0 Å². The highest BCUT2D eigenvalue weighted by Gasteiger charge is 2.19. The summed E-state index contributed by atoms with van der Waals surface area (Å²) in [6, 6.07) is 21.9. The van der Waals surface area contributed by atoms with Crippen LogP contribution in [0.25, 0.3) is 22.3 Å². The van der Waals surface area contributed by atoms with E-state index in [0.29, 0.717) is 0 Å². The Bertz CT molecular complexity index is 860. The molecule has 0 atom stereocenters. The van der Waals surface area contributed by atoms with E-state index in [1.807, 2.05) is 12.1 Å². The first-order valence-electron chi connectivity index (χ1n) is 8.25. The molecule has 0 radical (unpaired) electrons. The van der Waals surface area contributed by atoms with Gasteiger partial charge in [0.1, 0.15) is 0 Å². The van der Waals surface area contributed by atoms with E-state index >= 15 is 0 Å². The van der Waals surface area contributed by atoms with Crippen molar-refractivity contribution < 1.29 is 0 Å². The Morgan fingerprint density at radius 1 is 0.783 bits per heavy atom. The molecule has 1 heteroatoms. The van der Waals surface area contributed by atoms with Crippen LogP contribution in [0, 0.1) is 0 Å². The normalized spacial score (nSPS) is 12.1. The summed E-state index contributed by atoms with van der Waals surface area (Å²) in [6.45, 7) is 2.24. The van der Waals surface area contributed by atoms with Crippen molar-refractivity contribution in [2.45, 2.75) is 26.2 Å². The molecule has 0 bridgehead atoms. The Balaban J connectivity index is 1.71. The second kappa shape index (κ2) is 5.86. The largest absolute Gasteiger partial charge is 0.0843 e. The average Bonchev–Trinajstić information content (AvgIpc) is 2.92. The van der Waals surface area contributed by atoms with Crippen LogP contribution >= 0.6 is 11.6 Å². The van der Waals surface area contributed by atoms with Gasteiger partial charge < -0.3 is 0 Å². The topological polar surface area (TPSA) is 0 Å². The Morgan fingerprint density at radius 3 is 2.17 bits per heavy atom. The van der Waals surface area contributed by atoms with Crippen LogP contribution in [0.2, 0.25) is 5.02 Å². The number of aryl methyl sites for hydroxylation is 1. The maximum Gasteiger partial charge on any atom is 0.0406 e. The minimum Gasteiger partial charge on any atom is -0.0843 e. The zero-order valence-electron chi connectivity index (χ0n) is 13.3. The fourth-order valence-electron chi connectivity index (χ4n) is 3.53. The molecule has 0 aromatic heterocycles. The molecule has 0 saturated carbocycles. The van der Waals surface area contributed by atoms with E-state index in [1.165, 1.54) is 51.8 Å². The second-order valence-corrected chi connectivity index (χ2v) is 6.73. The molecule has 0 heterocycles. The minimum atomic E-state index is 0.783. The zero-order valence-corrected chi connectivity index (χ0v) is 14.0. The third-order valence-corrected chi connectivity index (χ3v) is 4.91. The molecular formula is C22H19Cl. The van der Waals surface area contributed by atoms with Gasteiger partial charge in [-0.1, -0.05) is 73.5 Å². The number of fused-ring (bicyclic) bond motifs is 3. The smallest absolute Gasteiger partial charge is 0.0406 e. The van der Waals surface area contributed by atoms with Crippen molar-refractivity contribution in [3.05, 3.63) is 82.4 Å². The Morgan fingerprint density at radius 2 is 1.43 bits per heavy atom. The molecule has 3 aromatic carbocycles. The van der Waals surface area contributed by atoms with E-state index in [2.05, 4.69) is 55.5 Å². The van der Waals surface area contributed by atoms with E-state index in [9.17, 15) is 0 Å². The number of rotatable bonds is 3. The first-order chi connectivity index (χ1) is 11.2. The van der Waals surface area contributed by atoms with Gasteiger partial charge in [-0.15, -0.1) is 0 Å². The van der Waals surface area contributed by atoms with Crippen molar-refractivity contribution in [2.75, 3.05) is 0 Å². The molecule has 114 valence electrons. The van der Waals surface area contributed by atoms with Crippen molar-refractivity contribution in [2.24, 2.45) is 0 Å². The predicted molar refractivity (Wildman–Crippen MR) is 99.1 cm³/mol. The standard InChI is InChI=1S/C22H19Cl/c1-2-3-15-4-10-21-18(12-15)14-19-13-17(7-11-22(19)21)16-5-8-20(23)9-6-16/h4-13H,2-3,14H2,1H3. The van der Waals surface area contributed by atoms with Gasteiger partial charge in [0.25, 0.3) is 0 Å². The minimum absolute atomic E-state index is 0.783. The summed E-state index contributed by atoms with van der Waals surface area (Å²) in [5.41, 5.74) is 9.64. The summed E-state index contributed by atoms with van der Waals surface area (Å²) >= 11 is 5.99. The molecule has 0 spiro atoms. The number of hydrogen-bond acceptors (Lipinski definition) is 0. The monoisotopic (exact) mass is 318 g/mol. The predicted octanol–water partition coefficient (Wildman–Crippen LogP) is 6.53. The molecule has 1 aliphatic carbocycles. The van der Waals surface area contributed by atoms with Crippen molar-refractivity contribution in [3.8, 4) is 22.3 Å². The molecule has 0 aliphatic heterocycles. The molecule has 3 aromatic rings. The van der Waals surface area contributed by atoms with Crippen molar-refractivity contribution in [1.29, 1.82) is 0 Å². The van der Waals surface area contributed by atoms with E-state index in [1.54, 1.807) is 0 Å². The number of benzene rings is 3. The SMILES string of the molecule is CCCc1ccc2c(c1)Cc1cc(-c3ccc(Cl)cc3)ccc1-2. The second-order valence-electron chi connectivity index (χ2n) is 6.30. The summed E-state index contributed by atoms with van der Waals surface area (Å²) in [5.74, 6) is 0. The van der Waals surface area contributed by atoms with Crippen LogP contribution in [0.3, 0.4) is 0 Å². The summed E-state index contributed by atoms with van der Waals surface area (Å²) < 4.78 is 0. The van der Waals surface area contributed by atoms with E-state index in [-0.39, 0.29) is 0 Å². The fraction of sp³-hybridized carbons (Fsp3) is 0.182. The molecule has 0 fully saturated rings. The lowest BCUT2D eigenvalue weighted by molar-refractivity contribution is 0.920. The highest BCUT2D eigenvalue weighted by Crippen LogP contribution is 2.39. The van der Waals surface area contributed by atoms with Gasteiger partial charge in [-0.3, -0.25) is 0 Å². The van der Waals surface area contributed by atoms with Gasteiger partial charge in [0.05, 0.1) is 0 Å². The molecular weight excluding hydrogens is 300 g/mol. The highest BCUT2D eigenvalue weighted by molar-refractivity contribution is 6.30. The van der Waals surface area contributed by atoms with E-state index < -0.39 is 0 Å². The van der Waals surface area contributed by atoms with Crippen LogP contribution in [-0.2, 0) is 12.8 Å². The quantitative estimate of drug-likeness (QED) is 0.403. The molecule has 23 heavy (non-hydrogen) atoms. The van der Waals surface area contributed by atoms with Crippen LogP contribution < -0.4 is 0 Å². The maximum atomic E-state index is 5.99. The average molecular weight is 319 g/mol. The number of hydrogen-bond donors (Lipinski definition) is 0. The maximum absolute atomic E-state index is 5.99. The Kier molecular flexibility index (Phi) is 3.71. The highest BCUT2D eigenvalue weighted by atomic mass is 35.5. The van der Waals surface area contributed by atoms with Crippen LogP contribution in [-0.4, -0.2) is 0 Å². The van der Waals surface area contributed by atoms with Gasteiger partial charge in [-0.05, 0) is 63.9 Å². The third kappa shape index (κ3) is 2.68. The molecule has 4 rings (SSSR count). The lowest BCUT2D eigenvalue weighted by Crippen LogP contribution is -1.86. The summed E-state index contributed by atoms with van der Waals surface area (Å²) in [7, 11) is 0. The summed E-state index contributed by atoms with van der Waals surface area (Å²) in [5, 5.41) is 0.783. The fourth-order valence-corrected chi connectivity index (χ4v) is 3.66. The summed E-state index contributed by atoms with van der Waals surface area (Å²) in [6.07, 6.45) is 3.41. The molecule has 1 aliphatic rings. The van der Waals surface area contributed by atoms with Crippen molar-refractivity contribution in [3.63, 3.8) is 0 Å². The van der Waals surface area contributed by atoms with E-state index in [4.69, 9.17) is 11.6 Å². The van der Waals surface area contributed by atoms with Crippen LogP contribution in [0.1, 0.15) is 30.0 Å². The number of halogens is 1. The Labute approximate surface area is 142 Å². The summed E-state index contributed by atoms with van der Waals surface area (Å²) in [4.78, 5) is 0. The molecule has 0 amide bonds. The third-order valence-electron chi connectivity index (χ3n) is 4.66. The van der Waals surface area contributed by atoms with Crippen molar-refractivity contribution in [1.82, 2.24) is 0 Å². The van der Waals surface area contributed by atoms with Gasteiger partial charge in [-0.2, -0.15) is 0 Å². The molecule has 0 unspecified atom stereocenters. The molecule has 0 saturated heterocycles. The first kappa shape index (κ1) is 14.5. The van der Waals surface area contributed by atoms with Gasteiger partial charge in [-0.25, -0.2) is 0 Å². The molecule has 0 nitrogen and oxygen atoms in total. The van der Waals surface area contributed by atoms with Gasteiger partial charge in [0.2, 0.25) is 0 Å². The zero-order chi connectivity index (χ0) is 15.8. The lowest BCUT2D eigenvalue weighted by Gasteiger charge is -2.06. The van der Waals surface area contributed by atoms with Crippen LogP contribution in [0.15, 0.2) is 60.7 Å². The van der Waals surface area contributed by atoms with Gasteiger partial charge in [0, 0.05) is 5.02 Å². The van der Waals surface area contributed by atoms with Gasteiger partial charge in [0.15, 0.2) is 0 Å². The Hall–Kier alpha value is -2.05. The van der Waals surface area contributed by atoms with Crippen molar-refractivity contribution >= 4 is 11.6 Å². The van der Waals surface area contributed by atoms with Gasteiger partial charge >= 0.3 is 0 Å². The van der Waals surface area contributed by atoms with E-state index in [0.717, 1.165) is 11.4 Å². The lowest BCUT2D eigenvalue weighted by atomic mass is 9.99. The van der Waals surface area contributed by atoms with Crippen LogP contribution in [0.4, 0.5) is 0 Å².